The maximum Gasteiger partial charge on any atom is 0.339 e. The molecule has 0 unspecified atom stereocenters. The lowest BCUT2D eigenvalue weighted by Crippen LogP contribution is -2.27. The number of thiocarbonyl (C=S) groups is 1. The molecule has 160 valence electrons. The summed E-state index contributed by atoms with van der Waals surface area (Å²) in [4.78, 5) is 25.3. The quantitative estimate of drug-likeness (QED) is 0.282. The van der Waals surface area contributed by atoms with Crippen LogP contribution in [0.15, 0.2) is 71.0 Å². The molecular formula is C21H18N2O5S3. The van der Waals surface area contributed by atoms with E-state index in [-0.39, 0.29) is 22.5 Å². The highest BCUT2D eigenvalue weighted by Gasteiger charge is 2.31. The highest BCUT2D eigenvalue weighted by atomic mass is 32.2. The largest absolute Gasteiger partial charge is 0.379 e. The van der Waals surface area contributed by atoms with Crippen molar-refractivity contribution in [3.8, 4) is 5.75 Å². The summed E-state index contributed by atoms with van der Waals surface area (Å²) in [6.07, 6.45) is 3.22. The van der Waals surface area contributed by atoms with E-state index in [1.807, 2.05) is 0 Å². The molecule has 0 bridgehead atoms. The van der Waals surface area contributed by atoms with Crippen molar-refractivity contribution in [3.05, 3.63) is 71.7 Å². The van der Waals surface area contributed by atoms with Crippen LogP contribution in [-0.4, -0.2) is 36.0 Å². The first-order valence-corrected chi connectivity index (χ1v) is 11.6. The van der Waals surface area contributed by atoms with Crippen molar-refractivity contribution in [2.24, 2.45) is 0 Å². The molecule has 0 spiro atoms. The second-order valence-electron chi connectivity index (χ2n) is 6.40. The van der Waals surface area contributed by atoms with Crippen LogP contribution in [0.25, 0.3) is 6.08 Å². The Hall–Kier alpha value is -2.95. The van der Waals surface area contributed by atoms with E-state index in [4.69, 9.17) is 16.4 Å². The average molecular weight is 475 g/mol. The summed E-state index contributed by atoms with van der Waals surface area (Å²) >= 11 is 6.38. The smallest absolute Gasteiger partial charge is 0.339 e. The van der Waals surface area contributed by atoms with Crippen molar-refractivity contribution in [2.75, 3.05) is 11.9 Å². The summed E-state index contributed by atoms with van der Waals surface area (Å²) in [5, 5.41) is 2.56. The molecule has 0 radical (unpaired) electrons. The van der Waals surface area contributed by atoms with Gasteiger partial charge in [-0.3, -0.25) is 14.5 Å². The van der Waals surface area contributed by atoms with E-state index in [2.05, 4.69) is 11.9 Å². The molecule has 31 heavy (non-hydrogen) atoms. The number of hydrogen-bond acceptors (Lipinski definition) is 7. The van der Waals surface area contributed by atoms with Gasteiger partial charge in [0.15, 0.2) is 0 Å². The van der Waals surface area contributed by atoms with Gasteiger partial charge in [-0.15, -0.1) is 6.58 Å². The molecule has 0 saturated carbocycles. The summed E-state index contributed by atoms with van der Waals surface area (Å²) in [5.74, 6) is -0.389. The molecule has 1 N–H and O–H groups in total. The third-order valence-electron chi connectivity index (χ3n) is 4.01. The fourth-order valence-electron chi connectivity index (χ4n) is 2.68. The molecule has 2 amide bonds. The Labute approximate surface area is 189 Å². The number of anilines is 1. The number of nitrogens with zero attached hydrogens (tertiary/aromatic N) is 1. The van der Waals surface area contributed by atoms with Crippen molar-refractivity contribution in [1.82, 2.24) is 4.90 Å². The standard InChI is InChI=1S/C21H18N2O5S3/c1-3-11-23-20(25)19(30-21(23)29)13-15-5-4-6-17(12-15)28-31(26,27)18-9-7-16(8-10-18)22-14(2)24/h3-10,12-13H,1,11H2,2H3,(H,22,24)/b19-13+. The first kappa shape index (κ1) is 22.7. The minimum atomic E-state index is -4.08. The second-order valence-corrected chi connectivity index (χ2v) is 9.62. The van der Waals surface area contributed by atoms with Crippen LogP contribution in [0, 0.1) is 0 Å². The zero-order valence-corrected chi connectivity index (χ0v) is 18.9. The lowest BCUT2D eigenvalue weighted by atomic mass is 10.2. The van der Waals surface area contributed by atoms with Crippen LogP contribution in [0.5, 0.6) is 5.75 Å². The Balaban J connectivity index is 1.79. The van der Waals surface area contributed by atoms with Gasteiger partial charge in [0.2, 0.25) is 5.91 Å². The first-order valence-electron chi connectivity index (χ1n) is 8.98. The average Bonchev–Trinajstić information content (AvgIpc) is 2.95. The molecule has 2 aromatic rings. The van der Waals surface area contributed by atoms with Crippen LogP contribution in [0.4, 0.5) is 5.69 Å². The van der Waals surface area contributed by atoms with E-state index in [0.717, 1.165) is 0 Å². The third kappa shape index (κ3) is 5.60. The summed E-state index contributed by atoms with van der Waals surface area (Å²) in [6.45, 7) is 5.30. The summed E-state index contributed by atoms with van der Waals surface area (Å²) in [5.41, 5.74) is 1.06. The summed E-state index contributed by atoms with van der Waals surface area (Å²) in [6, 6.07) is 12.0. The van der Waals surface area contributed by atoms with Gasteiger partial charge < -0.3 is 9.50 Å². The van der Waals surface area contributed by atoms with Crippen LogP contribution >= 0.6 is 24.0 Å². The molecule has 7 nitrogen and oxygen atoms in total. The zero-order valence-electron chi connectivity index (χ0n) is 16.4. The highest BCUT2D eigenvalue weighted by molar-refractivity contribution is 8.26. The number of amides is 2. The fourth-order valence-corrected chi connectivity index (χ4v) is 4.87. The van der Waals surface area contributed by atoms with Gasteiger partial charge in [-0.2, -0.15) is 8.42 Å². The lowest BCUT2D eigenvalue weighted by molar-refractivity contribution is -0.121. The molecule has 1 fully saturated rings. The van der Waals surface area contributed by atoms with Gasteiger partial charge in [-0.05, 0) is 48.0 Å². The number of carbonyl (C=O) groups excluding carboxylic acids is 2. The molecular weight excluding hydrogens is 456 g/mol. The Bertz CT molecular complexity index is 1190. The Morgan fingerprint density at radius 3 is 2.61 bits per heavy atom. The van der Waals surface area contributed by atoms with Gasteiger partial charge >= 0.3 is 10.1 Å². The molecule has 1 heterocycles. The van der Waals surface area contributed by atoms with Crippen LogP contribution < -0.4 is 9.50 Å². The van der Waals surface area contributed by atoms with Crippen molar-refractivity contribution in [3.63, 3.8) is 0 Å². The van der Waals surface area contributed by atoms with Crippen LogP contribution in [-0.2, 0) is 19.7 Å². The van der Waals surface area contributed by atoms with E-state index >= 15 is 0 Å². The molecule has 1 aliphatic rings. The maximum atomic E-state index is 12.6. The van der Waals surface area contributed by atoms with Gasteiger partial charge in [-0.25, -0.2) is 0 Å². The number of carbonyl (C=O) groups is 2. The Kier molecular flexibility index (Phi) is 6.94. The first-order chi connectivity index (χ1) is 14.7. The van der Waals surface area contributed by atoms with Crippen molar-refractivity contribution in [1.29, 1.82) is 0 Å². The third-order valence-corrected chi connectivity index (χ3v) is 6.65. The Morgan fingerprint density at radius 2 is 1.97 bits per heavy atom. The van der Waals surface area contributed by atoms with Gasteiger partial charge in [0.25, 0.3) is 5.91 Å². The predicted molar refractivity (Wildman–Crippen MR) is 125 cm³/mol. The zero-order chi connectivity index (χ0) is 22.6. The van der Waals surface area contributed by atoms with E-state index < -0.39 is 10.1 Å². The monoisotopic (exact) mass is 474 g/mol. The van der Waals surface area contributed by atoms with Gasteiger partial charge in [0, 0.05) is 19.2 Å². The molecule has 1 aliphatic heterocycles. The topological polar surface area (TPSA) is 92.8 Å². The number of nitrogens with one attached hydrogen (secondary N) is 1. The molecule has 0 aliphatic carbocycles. The minimum absolute atomic E-state index is 0.0581. The number of thioether (sulfide) groups is 1. The van der Waals surface area contributed by atoms with E-state index in [1.165, 1.54) is 60.0 Å². The van der Waals surface area contributed by atoms with Crippen molar-refractivity contribution in [2.45, 2.75) is 11.8 Å². The molecule has 0 atom stereocenters. The Morgan fingerprint density at radius 1 is 1.26 bits per heavy atom. The number of hydrogen-bond donors (Lipinski definition) is 1. The van der Waals surface area contributed by atoms with Crippen LogP contribution in [0.2, 0.25) is 0 Å². The fraction of sp³-hybridized carbons (Fsp3) is 0.0952. The summed E-state index contributed by atoms with van der Waals surface area (Å²) < 4.78 is 30.8. The predicted octanol–water partition coefficient (Wildman–Crippen LogP) is 3.80. The van der Waals surface area contributed by atoms with E-state index in [0.29, 0.717) is 27.0 Å². The molecule has 0 aromatic heterocycles. The van der Waals surface area contributed by atoms with Gasteiger partial charge in [-0.1, -0.05) is 42.2 Å². The number of benzene rings is 2. The molecule has 1 saturated heterocycles. The van der Waals surface area contributed by atoms with Crippen LogP contribution in [0.1, 0.15) is 12.5 Å². The van der Waals surface area contributed by atoms with E-state index in [1.54, 1.807) is 24.3 Å². The van der Waals surface area contributed by atoms with Crippen LogP contribution in [0.3, 0.4) is 0 Å². The van der Waals surface area contributed by atoms with Gasteiger partial charge in [0.05, 0.1) is 4.91 Å². The molecule has 10 heteroatoms. The number of rotatable bonds is 7. The normalized spacial score (nSPS) is 15.3. The van der Waals surface area contributed by atoms with Crippen molar-refractivity contribution >= 4 is 62.0 Å². The van der Waals surface area contributed by atoms with E-state index in [9.17, 15) is 18.0 Å². The maximum absolute atomic E-state index is 12.6. The lowest BCUT2D eigenvalue weighted by Gasteiger charge is -2.10. The second kappa shape index (κ2) is 9.46. The molecule has 2 aromatic carbocycles. The van der Waals surface area contributed by atoms with Crippen molar-refractivity contribution < 1.29 is 22.2 Å². The minimum Gasteiger partial charge on any atom is -0.379 e. The highest BCUT2D eigenvalue weighted by Crippen LogP contribution is 2.33. The molecule has 3 rings (SSSR count). The summed E-state index contributed by atoms with van der Waals surface area (Å²) in [7, 11) is -4.08. The SMILES string of the molecule is C=CCN1C(=O)/C(=C\c2cccc(OS(=O)(=O)c3ccc(NC(C)=O)cc3)c2)SC1=S. The van der Waals surface area contributed by atoms with Gasteiger partial charge in [0.1, 0.15) is 15.0 Å².